The summed E-state index contributed by atoms with van der Waals surface area (Å²) in [7, 11) is 0. The van der Waals surface area contributed by atoms with Crippen LogP contribution in [0.1, 0.15) is 28.4 Å². The highest BCUT2D eigenvalue weighted by Gasteiger charge is 2.30. The Morgan fingerprint density at radius 1 is 1.20 bits per heavy atom. The summed E-state index contributed by atoms with van der Waals surface area (Å²) in [6.07, 6.45) is -1.53. The third-order valence-electron chi connectivity index (χ3n) is 5.90. The van der Waals surface area contributed by atoms with Crippen molar-refractivity contribution >= 4 is 40.2 Å². The van der Waals surface area contributed by atoms with Crippen molar-refractivity contribution in [1.29, 1.82) is 0 Å². The topological polar surface area (TPSA) is 91.6 Å². The summed E-state index contributed by atoms with van der Waals surface area (Å²) in [6, 6.07) is 5.17. The summed E-state index contributed by atoms with van der Waals surface area (Å²) in [5.41, 5.74) is -0.803. The maximum Gasteiger partial charge on any atom is 0.416 e. The number of carbonyl (C=O) groups is 1. The van der Waals surface area contributed by atoms with Gasteiger partial charge in [-0.15, -0.1) is 0 Å². The summed E-state index contributed by atoms with van der Waals surface area (Å²) < 4.78 is 40.5. The maximum absolute atomic E-state index is 13.0. The Hall–Kier alpha value is -3.54. The largest absolute Gasteiger partial charge is 0.477 e. The molecule has 35 heavy (non-hydrogen) atoms. The number of thiocarbonyl (C=S) groups is 1. The molecule has 3 heterocycles. The van der Waals surface area contributed by atoms with E-state index in [0.717, 1.165) is 12.1 Å². The van der Waals surface area contributed by atoms with Gasteiger partial charge in [-0.25, -0.2) is 9.78 Å². The fourth-order valence-corrected chi connectivity index (χ4v) is 4.36. The van der Waals surface area contributed by atoms with Crippen LogP contribution in [0.4, 0.5) is 19.1 Å². The fourth-order valence-electron chi connectivity index (χ4n) is 4.01. The number of benzene rings is 1. The molecule has 0 spiro atoms. The first-order chi connectivity index (χ1) is 16.6. The molecule has 1 aromatic carbocycles. The van der Waals surface area contributed by atoms with Crippen molar-refractivity contribution in [3.05, 3.63) is 63.6 Å². The minimum atomic E-state index is -4.40. The number of aromatic carboxylic acids is 1. The first kappa shape index (κ1) is 24.6. The molecule has 184 valence electrons. The molecular formula is C23H22F3N5O3S. The number of rotatable bonds is 5. The smallest absolute Gasteiger partial charge is 0.416 e. The molecule has 1 aliphatic rings. The quantitative estimate of drug-likeness (QED) is 0.529. The highest BCUT2D eigenvalue weighted by molar-refractivity contribution is 7.80. The van der Waals surface area contributed by atoms with E-state index in [4.69, 9.17) is 12.2 Å². The van der Waals surface area contributed by atoms with Gasteiger partial charge in [0, 0.05) is 51.5 Å². The zero-order valence-electron chi connectivity index (χ0n) is 18.7. The maximum atomic E-state index is 13.0. The van der Waals surface area contributed by atoms with Gasteiger partial charge in [0.2, 0.25) is 11.4 Å². The van der Waals surface area contributed by atoms with Gasteiger partial charge in [-0.05, 0) is 18.6 Å². The third kappa shape index (κ3) is 5.11. The van der Waals surface area contributed by atoms with Gasteiger partial charge in [0.25, 0.3) is 0 Å². The summed E-state index contributed by atoms with van der Waals surface area (Å²) >= 11 is 5.50. The van der Waals surface area contributed by atoms with E-state index in [1.54, 1.807) is 10.6 Å². The molecule has 1 saturated heterocycles. The Morgan fingerprint density at radius 3 is 2.54 bits per heavy atom. The number of carboxylic acids is 1. The molecule has 12 heteroatoms. The second-order valence-electron chi connectivity index (χ2n) is 8.11. The van der Waals surface area contributed by atoms with Crippen LogP contribution >= 0.6 is 12.2 Å². The average Bonchev–Trinajstić information content (AvgIpc) is 2.83. The van der Waals surface area contributed by atoms with Gasteiger partial charge < -0.3 is 19.5 Å². The van der Waals surface area contributed by atoms with Crippen molar-refractivity contribution in [2.24, 2.45) is 0 Å². The number of aryl methyl sites for hydroxylation is 1. The first-order valence-electron chi connectivity index (χ1n) is 10.9. The zero-order chi connectivity index (χ0) is 25.3. The number of alkyl halides is 3. The predicted octanol–water partition coefficient (Wildman–Crippen LogP) is 3.22. The van der Waals surface area contributed by atoms with Gasteiger partial charge in [0.05, 0.1) is 15.9 Å². The van der Waals surface area contributed by atoms with Crippen LogP contribution in [0, 0.1) is 0 Å². The molecule has 0 radical (unpaired) electrons. The number of hydrogen-bond donors (Lipinski definition) is 1. The minimum absolute atomic E-state index is 0.136. The molecule has 1 fully saturated rings. The lowest BCUT2D eigenvalue weighted by atomic mass is 10.1. The van der Waals surface area contributed by atoms with Gasteiger partial charge in [0.1, 0.15) is 11.2 Å². The summed E-state index contributed by atoms with van der Waals surface area (Å²) in [4.78, 5) is 37.1. The van der Waals surface area contributed by atoms with Crippen molar-refractivity contribution < 1.29 is 23.1 Å². The number of halogens is 3. The molecule has 8 nitrogen and oxygen atoms in total. The predicted molar refractivity (Wildman–Crippen MR) is 128 cm³/mol. The molecular weight excluding hydrogens is 483 g/mol. The molecule has 3 aromatic rings. The molecule has 0 saturated carbocycles. The van der Waals surface area contributed by atoms with Crippen LogP contribution in [0.5, 0.6) is 0 Å². The highest BCUT2D eigenvalue weighted by Crippen LogP contribution is 2.29. The summed E-state index contributed by atoms with van der Waals surface area (Å²) in [5.74, 6) is -0.897. The number of hydrogen-bond acceptors (Lipinski definition) is 6. The van der Waals surface area contributed by atoms with Crippen LogP contribution in [0.25, 0.3) is 11.0 Å². The summed E-state index contributed by atoms with van der Waals surface area (Å²) in [5, 5.41) is 9.42. The van der Waals surface area contributed by atoms with E-state index in [0.29, 0.717) is 54.9 Å². The van der Waals surface area contributed by atoms with E-state index in [9.17, 15) is 27.9 Å². The molecule has 1 aliphatic heterocycles. The Labute approximate surface area is 203 Å². The van der Waals surface area contributed by atoms with Crippen molar-refractivity contribution in [2.75, 3.05) is 31.1 Å². The SMILES string of the molecule is CCn1cc(C(=O)O)c(=O)c2cnc(N3CCN(C(=S)Cc4cccc(C(F)(F)F)c4)CC3)nc21. The molecule has 0 atom stereocenters. The highest BCUT2D eigenvalue weighted by atomic mass is 32.1. The second kappa shape index (κ2) is 9.61. The Bertz CT molecular complexity index is 1350. The first-order valence-corrected chi connectivity index (χ1v) is 11.3. The van der Waals surface area contributed by atoms with Gasteiger partial charge in [0.15, 0.2) is 0 Å². The standard InChI is InChI=1S/C23H22F3N5O3S/c1-2-29-13-17(21(33)34)19(32)16-12-27-22(28-20(16)29)31-8-6-30(7-9-31)18(35)11-14-4-3-5-15(10-14)23(24,25)26/h3-5,10,12-13H,2,6-9,11H2,1H3,(H,33,34). The number of fused-ring (bicyclic) bond motifs is 1. The molecule has 0 bridgehead atoms. The fraction of sp³-hybridized carbons (Fsp3) is 0.348. The lowest BCUT2D eigenvalue weighted by Crippen LogP contribution is -2.49. The lowest BCUT2D eigenvalue weighted by molar-refractivity contribution is -0.137. The molecule has 0 unspecified atom stereocenters. The van der Waals surface area contributed by atoms with E-state index in [-0.39, 0.29) is 17.4 Å². The van der Waals surface area contributed by atoms with Gasteiger partial charge in [-0.1, -0.05) is 30.4 Å². The van der Waals surface area contributed by atoms with Gasteiger partial charge in [-0.3, -0.25) is 4.79 Å². The van der Waals surface area contributed by atoms with Crippen LogP contribution in [0.2, 0.25) is 0 Å². The van der Waals surface area contributed by atoms with Gasteiger partial charge >= 0.3 is 12.1 Å². The summed E-state index contributed by atoms with van der Waals surface area (Å²) in [6.45, 7) is 4.37. The van der Waals surface area contributed by atoms with E-state index in [2.05, 4.69) is 9.97 Å². The Morgan fingerprint density at radius 2 is 1.91 bits per heavy atom. The minimum Gasteiger partial charge on any atom is -0.477 e. The molecule has 0 aliphatic carbocycles. The number of pyridine rings is 1. The number of anilines is 1. The van der Waals surface area contributed by atoms with E-state index in [1.807, 2.05) is 16.7 Å². The van der Waals surface area contributed by atoms with Crippen LogP contribution < -0.4 is 10.3 Å². The molecule has 1 N–H and O–H groups in total. The average molecular weight is 506 g/mol. The Kier molecular flexibility index (Phi) is 6.75. The number of carboxylic acid groups (broad SMARTS) is 1. The number of nitrogens with zero attached hydrogens (tertiary/aromatic N) is 5. The molecule has 0 amide bonds. The second-order valence-corrected chi connectivity index (χ2v) is 8.58. The Balaban J connectivity index is 1.47. The van der Waals surface area contributed by atoms with Crippen LogP contribution in [-0.2, 0) is 19.1 Å². The normalized spacial score (nSPS) is 14.4. The van der Waals surface area contributed by atoms with Crippen LogP contribution in [0.3, 0.4) is 0 Å². The monoisotopic (exact) mass is 505 g/mol. The van der Waals surface area contributed by atoms with E-state index in [1.165, 1.54) is 18.5 Å². The van der Waals surface area contributed by atoms with Crippen molar-refractivity contribution in [3.8, 4) is 0 Å². The van der Waals surface area contributed by atoms with Crippen molar-refractivity contribution in [3.63, 3.8) is 0 Å². The van der Waals surface area contributed by atoms with Gasteiger partial charge in [-0.2, -0.15) is 18.2 Å². The van der Waals surface area contributed by atoms with Crippen molar-refractivity contribution in [1.82, 2.24) is 19.4 Å². The molecule has 2 aromatic heterocycles. The van der Waals surface area contributed by atoms with E-state index < -0.39 is 23.1 Å². The number of piperazine rings is 1. The zero-order valence-corrected chi connectivity index (χ0v) is 19.6. The van der Waals surface area contributed by atoms with Crippen molar-refractivity contribution in [2.45, 2.75) is 26.1 Å². The van der Waals surface area contributed by atoms with E-state index >= 15 is 0 Å². The number of aromatic nitrogens is 3. The third-order valence-corrected chi connectivity index (χ3v) is 6.30. The van der Waals surface area contributed by atoms with Crippen LogP contribution in [0.15, 0.2) is 41.5 Å². The van der Waals surface area contributed by atoms with Crippen LogP contribution in [-0.4, -0.2) is 61.7 Å². The molecule has 4 rings (SSSR count). The lowest BCUT2D eigenvalue weighted by Gasteiger charge is -2.36.